The average molecular weight is 256 g/mol. The number of rotatable bonds is 3. The molecule has 1 aromatic carbocycles. The van der Waals surface area contributed by atoms with Crippen molar-refractivity contribution in [2.24, 2.45) is 0 Å². The Bertz CT molecular complexity index is 373. The van der Waals surface area contributed by atoms with E-state index in [9.17, 15) is 4.79 Å². The number of nitrogens with zero attached hydrogens (tertiary/aromatic N) is 1. The molecule has 0 unspecified atom stereocenters. The number of carbonyl (C=O) groups excluding carboxylic acids is 1. The smallest absolute Gasteiger partial charge is 0.186 e. The van der Waals surface area contributed by atoms with Crippen molar-refractivity contribution in [1.82, 2.24) is 4.90 Å². The summed E-state index contributed by atoms with van der Waals surface area (Å²) in [6.45, 7) is 4.60. The van der Waals surface area contributed by atoms with Gasteiger partial charge in [0.25, 0.3) is 0 Å². The summed E-state index contributed by atoms with van der Waals surface area (Å²) in [5.41, 5.74) is 1.27. The quantitative estimate of drug-likeness (QED) is 0.829. The molecule has 1 saturated heterocycles. The largest absolute Gasteiger partial charge is 0.297 e. The third-order valence-electron chi connectivity index (χ3n) is 2.58. The summed E-state index contributed by atoms with van der Waals surface area (Å²) in [5, 5.41) is 1.48. The van der Waals surface area contributed by atoms with E-state index >= 15 is 0 Å². The molecule has 1 heterocycles. The van der Waals surface area contributed by atoms with Gasteiger partial charge in [-0.3, -0.25) is 9.69 Å². The third-order valence-corrected chi connectivity index (χ3v) is 3.79. The summed E-state index contributed by atoms with van der Waals surface area (Å²) in [6, 6.07) is 7.93. The lowest BCUT2D eigenvalue weighted by atomic mass is 10.1. The highest BCUT2D eigenvalue weighted by Crippen LogP contribution is 2.24. The summed E-state index contributed by atoms with van der Waals surface area (Å²) >= 11 is 7.28. The van der Waals surface area contributed by atoms with E-state index in [-0.39, 0.29) is 5.12 Å². The first-order valence-electron chi connectivity index (χ1n) is 5.27. The van der Waals surface area contributed by atoms with Crippen molar-refractivity contribution in [1.29, 1.82) is 0 Å². The molecule has 0 radical (unpaired) electrons. The van der Waals surface area contributed by atoms with E-state index in [1.807, 2.05) is 24.3 Å². The second-order valence-corrected chi connectivity index (χ2v) is 5.97. The summed E-state index contributed by atoms with van der Waals surface area (Å²) in [4.78, 5) is 13.2. The Labute approximate surface area is 105 Å². The molecule has 0 spiro atoms. The molecule has 4 heteroatoms. The molecule has 0 N–H and O–H groups in total. The number of likely N-dealkylation sites (tertiary alicyclic amines) is 1. The molecule has 1 aromatic rings. The van der Waals surface area contributed by atoms with Crippen molar-refractivity contribution in [3.63, 3.8) is 0 Å². The Balaban J connectivity index is 1.77. The van der Waals surface area contributed by atoms with Gasteiger partial charge in [-0.05, 0) is 17.7 Å². The van der Waals surface area contributed by atoms with Crippen molar-refractivity contribution < 1.29 is 4.79 Å². The van der Waals surface area contributed by atoms with E-state index in [1.54, 1.807) is 6.92 Å². The highest BCUT2D eigenvalue weighted by molar-refractivity contribution is 8.14. The van der Waals surface area contributed by atoms with Crippen molar-refractivity contribution in [3.05, 3.63) is 34.9 Å². The maximum absolute atomic E-state index is 10.9. The highest BCUT2D eigenvalue weighted by Gasteiger charge is 2.27. The molecular weight excluding hydrogens is 242 g/mol. The summed E-state index contributed by atoms with van der Waals surface area (Å²) in [7, 11) is 0. The zero-order valence-corrected chi connectivity index (χ0v) is 10.7. The lowest BCUT2D eigenvalue weighted by Gasteiger charge is -2.38. The van der Waals surface area contributed by atoms with Crippen LogP contribution in [0, 0.1) is 0 Å². The van der Waals surface area contributed by atoms with Crippen molar-refractivity contribution in [2.45, 2.75) is 18.7 Å². The van der Waals surface area contributed by atoms with Crippen LogP contribution in [0.4, 0.5) is 0 Å². The predicted molar refractivity (Wildman–Crippen MR) is 68.8 cm³/mol. The molecule has 0 saturated carbocycles. The van der Waals surface area contributed by atoms with Gasteiger partial charge < -0.3 is 0 Å². The molecule has 1 aliphatic heterocycles. The second kappa shape index (κ2) is 5.21. The van der Waals surface area contributed by atoms with Gasteiger partial charge in [-0.15, -0.1) is 0 Å². The first kappa shape index (κ1) is 12.0. The van der Waals surface area contributed by atoms with Crippen molar-refractivity contribution >= 4 is 28.5 Å². The van der Waals surface area contributed by atoms with Crippen LogP contribution in [0.5, 0.6) is 0 Å². The molecule has 1 aliphatic rings. The molecular formula is C12H14ClNOS. The number of thioether (sulfide) groups is 1. The number of hydrogen-bond donors (Lipinski definition) is 0. The van der Waals surface area contributed by atoms with Crippen LogP contribution in [0.1, 0.15) is 12.5 Å². The van der Waals surface area contributed by atoms with Gasteiger partial charge in [0, 0.05) is 36.8 Å². The predicted octanol–water partition coefficient (Wildman–Crippen LogP) is 2.80. The lowest BCUT2D eigenvalue weighted by Crippen LogP contribution is -2.48. The van der Waals surface area contributed by atoms with Crippen molar-refractivity contribution in [3.8, 4) is 0 Å². The minimum absolute atomic E-state index is 0.219. The number of carbonyl (C=O) groups is 1. The monoisotopic (exact) mass is 255 g/mol. The van der Waals surface area contributed by atoms with Gasteiger partial charge in [0.1, 0.15) is 0 Å². The number of benzene rings is 1. The van der Waals surface area contributed by atoms with Crippen LogP contribution in [0.3, 0.4) is 0 Å². The zero-order valence-electron chi connectivity index (χ0n) is 9.15. The number of hydrogen-bond acceptors (Lipinski definition) is 3. The molecule has 2 nitrogen and oxygen atoms in total. The van der Waals surface area contributed by atoms with Gasteiger partial charge in [-0.25, -0.2) is 0 Å². The van der Waals surface area contributed by atoms with Crippen LogP contribution >= 0.6 is 23.4 Å². The van der Waals surface area contributed by atoms with E-state index < -0.39 is 0 Å². The first-order valence-corrected chi connectivity index (χ1v) is 6.53. The Hall–Kier alpha value is -0.510. The molecule has 0 aromatic heterocycles. The van der Waals surface area contributed by atoms with Gasteiger partial charge in [0.05, 0.1) is 0 Å². The van der Waals surface area contributed by atoms with Gasteiger partial charge in [0.2, 0.25) is 0 Å². The standard InChI is InChI=1S/C12H14ClNOS/c1-9(15)16-12-7-14(8-12)6-10-2-4-11(13)5-3-10/h2-5,12H,6-8H2,1H3. The Morgan fingerprint density at radius 3 is 2.62 bits per heavy atom. The molecule has 2 rings (SSSR count). The van der Waals surface area contributed by atoms with Gasteiger partial charge in [-0.1, -0.05) is 35.5 Å². The molecule has 1 fully saturated rings. The van der Waals surface area contributed by atoms with E-state index in [1.165, 1.54) is 17.3 Å². The van der Waals surface area contributed by atoms with Crippen LogP contribution < -0.4 is 0 Å². The van der Waals surface area contributed by atoms with Gasteiger partial charge >= 0.3 is 0 Å². The van der Waals surface area contributed by atoms with Crippen LogP contribution in [0.15, 0.2) is 24.3 Å². The van der Waals surface area contributed by atoms with Crippen LogP contribution in [-0.2, 0) is 11.3 Å². The van der Waals surface area contributed by atoms with Gasteiger partial charge in [-0.2, -0.15) is 0 Å². The SMILES string of the molecule is CC(=O)SC1CN(Cc2ccc(Cl)cc2)C1. The van der Waals surface area contributed by atoms with Crippen molar-refractivity contribution in [2.75, 3.05) is 13.1 Å². The van der Waals surface area contributed by atoms with E-state index in [4.69, 9.17) is 11.6 Å². The molecule has 86 valence electrons. The van der Waals surface area contributed by atoms with E-state index in [0.29, 0.717) is 5.25 Å². The Kier molecular flexibility index (Phi) is 3.90. The molecule has 16 heavy (non-hydrogen) atoms. The average Bonchev–Trinajstić information content (AvgIpc) is 2.17. The maximum atomic E-state index is 10.9. The fourth-order valence-corrected chi connectivity index (χ4v) is 2.97. The lowest BCUT2D eigenvalue weighted by molar-refractivity contribution is -0.109. The topological polar surface area (TPSA) is 20.3 Å². The summed E-state index contributed by atoms with van der Waals surface area (Å²) in [6.07, 6.45) is 0. The third kappa shape index (κ3) is 3.24. The van der Waals surface area contributed by atoms with Crippen LogP contribution in [0.2, 0.25) is 5.02 Å². The first-order chi connectivity index (χ1) is 7.63. The summed E-state index contributed by atoms with van der Waals surface area (Å²) in [5.74, 6) is 0. The molecule has 0 amide bonds. The molecule has 0 atom stereocenters. The minimum Gasteiger partial charge on any atom is -0.297 e. The molecule has 0 aliphatic carbocycles. The minimum atomic E-state index is 0.219. The second-order valence-electron chi connectivity index (χ2n) is 4.05. The van der Waals surface area contributed by atoms with Crippen LogP contribution in [0.25, 0.3) is 0 Å². The van der Waals surface area contributed by atoms with E-state index in [0.717, 1.165) is 24.7 Å². The Morgan fingerprint density at radius 2 is 2.06 bits per heavy atom. The van der Waals surface area contributed by atoms with Crippen LogP contribution in [-0.4, -0.2) is 28.4 Å². The fraction of sp³-hybridized carbons (Fsp3) is 0.417. The highest BCUT2D eigenvalue weighted by atomic mass is 35.5. The zero-order chi connectivity index (χ0) is 11.5. The summed E-state index contributed by atoms with van der Waals surface area (Å²) < 4.78 is 0. The fourth-order valence-electron chi connectivity index (χ4n) is 1.81. The number of halogens is 1. The Morgan fingerprint density at radius 1 is 1.44 bits per heavy atom. The maximum Gasteiger partial charge on any atom is 0.186 e. The van der Waals surface area contributed by atoms with Gasteiger partial charge in [0.15, 0.2) is 5.12 Å². The van der Waals surface area contributed by atoms with E-state index in [2.05, 4.69) is 4.90 Å². The normalized spacial score (nSPS) is 17.1. The molecule has 0 bridgehead atoms.